The molecule has 3 heterocycles. The maximum Gasteiger partial charge on any atom is 0.315 e. The summed E-state index contributed by atoms with van der Waals surface area (Å²) in [4.78, 5) is 12.3. The summed E-state index contributed by atoms with van der Waals surface area (Å²) in [5.74, 6) is 0. The number of carbonyl (C=O) groups excluding carboxylic acids is 1. The fraction of sp³-hybridized carbons (Fsp3) is 0.412. The molecule has 0 aliphatic carbocycles. The minimum Gasteiger partial charge on any atom is -0.388 e. The zero-order valence-electron chi connectivity index (χ0n) is 13.8. The number of nitrogens with zero attached hydrogens (tertiary/aromatic N) is 2. The molecule has 9 heteroatoms. The van der Waals surface area contributed by atoms with Gasteiger partial charge in [-0.25, -0.2) is 4.79 Å². The quantitative estimate of drug-likeness (QED) is 0.739. The van der Waals surface area contributed by atoms with E-state index in [2.05, 4.69) is 15.7 Å². The van der Waals surface area contributed by atoms with E-state index in [1.807, 2.05) is 30.3 Å². The van der Waals surface area contributed by atoms with Gasteiger partial charge in [0.15, 0.2) is 6.29 Å². The average Bonchev–Trinajstić information content (AvgIpc) is 3.26. The van der Waals surface area contributed by atoms with E-state index in [9.17, 15) is 9.90 Å². The van der Waals surface area contributed by atoms with Gasteiger partial charge in [0.2, 0.25) is 0 Å². The molecule has 0 radical (unpaired) electrons. The van der Waals surface area contributed by atoms with Crippen molar-refractivity contribution in [3.05, 3.63) is 53.3 Å². The summed E-state index contributed by atoms with van der Waals surface area (Å²) in [7, 11) is 0. The highest BCUT2D eigenvalue weighted by Gasteiger charge is 2.51. The van der Waals surface area contributed by atoms with Crippen LogP contribution in [0.1, 0.15) is 11.6 Å². The lowest BCUT2D eigenvalue weighted by molar-refractivity contribution is -0.166. The number of benzene rings is 1. The first-order chi connectivity index (χ1) is 12.6. The van der Waals surface area contributed by atoms with Crippen LogP contribution in [0.25, 0.3) is 0 Å². The van der Waals surface area contributed by atoms with Crippen molar-refractivity contribution < 1.29 is 19.4 Å². The number of ether oxygens (including phenoxy) is 2. The van der Waals surface area contributed by atoms with E-state index in [0.29, 0.717) is 11.6 Å². The van der Waals surface area contributed by atoms with Crippen LogP contribution < -0.4 is 10.6 Å². The fourth-order valence-electron chi connectivity index (χ4n) is 3.32. The lowest BCUT2D eigenvalue weighted by atomic mass is 9.96. The summed E-state index contributed by atoms with van der Waals surface area (Å²) < 4.78 is 12.9. The Hall–Kier alpha value is -2.13. The minimum absolute atomic E-state index is 0.289. The monoisotopic (exact) mass is 378 g/mol. The summed E-state index contributed by atoms with van der Waals surface area (Å²) in [5, 5.41) is 21.0. The normalized spacial score (nSPS) is 30.2. The van der Waals surface area contributed by atoms with Crippen LogP contribution in [0.5, 0.6) is 0 Å². The highest BCUT2D eigenvalue weighted by atomic mass is 35.5. The highest BCUT2D eigenvalue weighted by Crippen LogP contribution is 2.35. The van der Waals surface area contributed by atoms with Crippen molar-refractivity contribution in [2.24, 2.45) is 0 Å². The third-order valence-corrected chi connectivity index (χ3v) is 4.80. The van der Waals surface area contributed by atoms with Crippen LogP contribution in [-0.2, 0) is 16.0 Å². The third-order valence-electron chi connectivity index (χ3n) is 4.60. The van der Waals surface area contributed by atoms with Crippen LogP contribution >= 0.6 is 11.6 Å². The Bertz CT molecular complexity index is 771. The Morgan fingerprint density at radius 1 is 1.38 bits per heavy atom. The number of rotatable bonds is 4. The van der Waals surface area contributed by atoms with Gasteiger partial charge in [-0.1, -0.05) is 41.9 Å². The van der Waals surface area contributed by atoms with Gasteiger partial charge in [-0.3, -0.25) is 4.68 Å². The summed E-state index contributed by atoms with van der Waals surface area (Å²) in [6, 6.07) is 7.96. The Balaban J connectivity index is 1.43. The molecule has 3 N–H and O–H groups in total. The van der Waals surface area contributed by atoms with Gasteiger partial charge in [0.25, 0.3) is 0 Å². The summed E-state index contributed by atoms with van der Waals surface area (Å²) in [6.45, 7) is 0.676. The Labute approximate surface area is 155 Å². The molecule has 2 aliphatic heterocycles. The third kappa shape index (κ3) is 3.41. The number of halogens is 1. The standard InChI is InChI=1S/C17H19ClN4O4/c18-11-7-20-22(8-11)14-15(23)13(12-9-25-16(14)26-12)21-17(24)19-6-10-4-2-1-3-5-10/h1-5,7-8,12-16,23H,6,9H2,(H2,19,21,24). The summed E-state index contributed by atoms with van der Waals surface area (Å²) >= 11 is 5.92. The number of aliphatic hydroxyl groups excluding tert-OH is 1. The molecule has 2 aromatic rings. The van der Waals surface area contributed by atoms with Crippen molar-refractivity contribution in [3.63, 3.8) is 0 Å². The largest absolute Gasteiger partial charge is 0.388 e. The molecule has 8 nitrogen and oxygen atoms in total. The molecule has 1 aromatic heterocycles. The Morgan fingerprint density at radius 2 is 2.19 bits per heavy atom. The highest BCUT2D eigenvalue weighted by molar-refractivity contribution is 6.30. The molecule has 26 heavy (non-hydrogen) atoms. The topological polar surface area (TPSA) is 97.6 Å². The van der Waals surface area contributed by atoms with Gasteiger partial charge < -0.3 is 25.2 Å². The second-order valence-corrected chi connectivity index (χ2v) is 6.77. The molecule has 0 saturated carbocycles. The molecule has 4 rings (SSSR count). The average molecular weight is 379 g/mol. The predicted octanol–water partition coefficient (Wildman–Crippen LogP) is 1.06. The van der Waals surface area contributed by atoms with Crippen LogP contribution in [0.3, 0.4) is 0 Å². The van der Waals surface area contributed by atoms with Gasteiger partial charge in [-0.2, -0.15) is 5.10 Å². The molecule has 138 valence electrons. The molecule has 1 aromatic carbocycles. The van der Waals surface area contributed by atoms with E-state index in [1.54, 1.807) is 6.20 Å². The van der Waals surface area contributed by atoms with Crippen molar-refractivity contribution in [1.82, 2.24) is 20.4 Å². The number of amides is 2. The van der Waals surface area contributed by atoms with Gasteiger partial charge in [-0.15, -0.1) is 0 Å². The molecule has 5 atom stereocenters. The second-order valence-electron chi connectivity index (χ2n) is 6.33. The number of hydrogen-bond donors (Lipinski definition) is 3. The maximum absolute atomic E-state index is 12.3. The number of aliphatic hydroxyl groups is 1. The molecule has 2 amide bonds. The van der Waals surface area contributed by atoms with Crippen LogP contribution in [0.2, 0.25) is 5.02 Å². The molecule has 0 spiro atoms. The molecule has 2 saturated heterocycles. The van der Waals surface area contributed by atoms with E-state index < -0.39 is 30.6 Å². The number of carbonyl (C=O) groups is 1. The molecule has 2 aliphatic rings. The van der Waals surface area contributed by atoms with E-state index in [1.165, 1.54) is 10.9 Å². The smallest absolute Gasteiger partial charge is 0.315 e. The first-order valence-electron chi connectivity index (χ1n) is 8.35. The van der Waals surface area contributed by atoms with Crippen molar-refractivity contribution >= 4 is 17.6 Å². The van der Waals surface area contributed by atoms with Gasteiger partial charge >= 0.3 is 6.03 Å². The van der Waals surface area contributed by atoms with Crippen molar-refractivity contribution in [2.75, 3.05) is 6.61 Å². The van der Waals surface area contributed by atoms with Gasteiger partial charge in [0.1, 0.15) is 18.2 Å². The van der Waals surface area contributed by atoms with E-state index in [0.717, 1.165) is 5.56 Å². The zero-order valence-corrected chi connectivity index (χ0v) is 14.5. The second kappa shape index (κ2) is 7.24. The van der Waals surface area contributed by atoms with Gasteiger partial charge in [0, 0.05) is 12.7 Å². The van der Waals surface area contributed by atoms with E-state index >= 15 is 0 Å². The lowest BCUT2D eigenvalue weighted by Crippen LogP contribution is -2.60. The Kier molecular flexibility index (Phi) is 4.82. The molecule has 2 fully saturated rings. The van der Waals surface area contributed by atoms with Crippen molar-refractivity contribution in [1.29, 1.82) is 0 Å². The lowest BCUT2D eigenvalue weighted by Gasteiger charge is -2.38. The first kappa shape index (κ1) is 17.3. The number of fused-ring (bicyclic) bond motifs is 2. The zero-order chi connectivity index (χ0) is 18.1. The van der Waals surface area contributed by atoms with Gasteiger partial charge in [0.05, 0.1) is 23.9 Å². The molecule has 5 unspecified atom stereocenters. The van der Waals surface area contributed by atoms with Crippen LogP contribution in [0.4, 0.5) is 4.79 Å². The maximum atomic E-state index is 12.3. The van der Waals surface area contributed by atoms with Crippen LogP contribution in [-0.4, -0.2) is 52.1 Å². The van der Waals surface area contributed by atoms with Crippen molar-refractivity contribution in [3.8, 4) is 0 Å². The number of aromatic nitrogens is 2. The number of urea groups is 1. The van der Waals surface area contributed by atoms with Crippen LogP contribution in [0, 0.1) is 0 Å². The Morgan fingerprint density at radius 3 is 2.92 bits per heavy atom. The number of hydrogen-bond acceptors (Lipinski definition) is 5. The van der Waals surface area contributed by atoms with E-state index in [4.69, 9.17) is 21.1 Å². The number of nitrogens with one attached hydrogen (secondary N) is 2. The predicted molar refractivity (Wildman–Crippen MR) is 92.5 cm³/mol. The fourth-order valence-corrected chi connectivity index (χ4v) is 3.46. The molecule has 2 bridgehead atoms. The summed E-state index contributed by atoms with van der Waals surface area (Å²) in [5.41, 5.74) is 0.983. The van der Waals surface area contributed by atoms with Gasteiger partial charge in [-0.05, 0) is 5.56 Å². The summed E-state index contributed by atoms with van der Waals surface area (Å²) in [6.07, 6.45) is 1.09. The minimum atomic E-state index is -0.931. The molecular weight excluding hydrogens is 360 g/mol. The van der Waals surface area contributed by atoms with Crippen molar-refractivity contribution in [2.45, 2.75) is 37.1 Å². The molecular formula is C17H19ClN4O4. The first-order valence-corrected chi connectivity index (χ1v) is 8.73. The van der Waals surface area contributed by atoms with Crippen LogP contribution in [0.15, 0.2) is 42.7 Å². The SMILES string of the molecule is O=C(NCc1ccccc1)NC1C2COC(O2)C(n2cc(Cl)cn2)C1O. The van der Waals surface area contributed by atoms with E-state index in [-0.39, 0.29) is 12.6 Å².